The smallest absolute Gasteiger partial charge is 0.272 e. The Morgan fingerprint density at radius 3 is 2.58 bits per heavy atom. The number of rotatable bonds is 6. The van der Waals surface area contributed by atoms with Gasteiger partial charge in [-0.2, -0.15) is 5.10 Å². The molecule has 5 rings (SSSR count). The van der Waals surface area contributed by atoms with Crippen molar-refractivity contribution in [2.24, 2.45) is 0 Å². The Labute approximate surface area is 192 Å². The molecule has 0 radical (unpaired) electrons. The topological polar surface area (TPSA) is 79.6 Å². The highest BCUT2D eigenvalue weighted by Crippen LogP contribution is 2.30. The molecule has 7 nitrogen and oxygen atoms in total. The van der Waals surface area contributed by atoms with Crippen molar-refractivity contribution in [3.05, 3.63) is 65.6 Å². The molecule has 174 valence electrons. The van der Waals surface area contributed by atoms with Crippen molar-refractivity contribution in [3.63, 3.8) is 0 Å². The van der Waals surface area contributed by atoms with Crippen molar-refractivity contribution in [2.75, 3.05) is 13.2 Å². The number of nitrogens with zero attached hydrogens (tertiary/aromatic N) is 3. The minimum atomic E-state index is -0.561. The Kier molecular flexibility index (Phi) is 6.14. The molecule has 2 N–H and O–H groups in total. The van der Waals surface area contributed by atoms with E-state index in [0.717, 1.165) is 35.9 Å². The lowest BCUT2D eigenvalue weighted by atomic mass is 9.89. The molecule has 2 aliphatic rings. The normalized spacial score (nSPS) is 24.0. The van der Waals surface area contributed by atoms with Crippen LogP contribution in [0.1, 0.15) is 35.8 Å². The predicted octanol–water partition coefficient (Wildman–Crippen LogP) is 2.72. The van der Waals surface area contributed by atoms with Crippen LogP contribution < -0.4 is 5.32 Å². The van der Waals surface area contributed by atoms with Crippen molar-refractivity contribution in [3.8, 4) is 0 Å². The molecule has 0 aliphatic carbocycles. The van der Waals surface area contributed by atoms with E-state index in [1.807, 2.05) is 36.4 Å². The maximum absolute atomic E-state index is 13.3. The highest BCUT2D eigenvalue weighted by atomic mass is 19.1. The summed E-state index contributed by atoms with van der Waals surface area (Å²) in [4.78, 5) is 15.6. The molecule has 1 amide bonds. The molecule has 2 aliphatic heterocycles. The number of ether oxygens (including phenoxy) is 1. The maximum Gasteiger partial charge on any atom is 0.272 e. The summed E-state index contributed by atoms with van der Waals surface area (Å²) >= 11 is 0. The Morgan fingerprint density at radius 1 is 1.18 bits per heavy atom. The van der Waals surface area contributed by atoms with Gasteiger partial charge in [-0.05, 0) is 43.5 Å². The van der Waals surface area contributed by atoms with Gasteiger partial charge in [0, 0.05) is 30.1 Å². The first-order valence-electron chi connectivity index (χ1n) is 11.5. The molecule has 2 fully saturated rings. The van der Waals surface area contributed by atoms with Gasteiger partial charge in [0.25, 0.3) is 5.91 Å². The largest absolute Gasteiger partial charge is 0.391 e. The third-order valence-electron chi connectivity index (χ3n) is 6.60. The maximum atomic E-state index is 13.3. The van der Waals surface area contributed by atoms with Crippen molar-refractivity contribution in [1.82, 2.24) is 20.0 Å². The van der Waals surface area contributed by atoms with Gasteiger partial charge in [0.1, 0.15) is 5.82 Å². The van der Waals surface area contributed by atoms with Crippen LogP contribution in [0, 0.1) is 5.82 Å². The number of carbonyl (C=O) groups is 1. The zero-order chi connectivity index (χ0) is 22.9. The molecule has 33 heavy (non-hydrogen) atoms. The van der Waals surface area contributed by atoms with Crippen LogP contribution in [0.4, 0.5) is 4.39 Å². The van der Waals surface area contributed by atoms with Crippen LogP contribution >= 0.6 is 0 Å². The summed E-state index contributed by atoms with van der Waals surface area (Å²) in [5.74, 6) is -0.418. The van der Waals surface area contributed by atoms with E-state index in [-0.39, 0.29) is 29.8 Å². The molecule has 0 saturated carbocycles. The number of amides is 1. The zero-order valence-corrected chi connectivity index (χ0v) is 18.7. The number of para-hydroxylation sites is 1. The van der Waals surface area contributed by atoms with E-state index in [0.29, 0.717) is 25.5 Å². The Hall–Kier alpha value is -2.81. The fraction of sp³-hybridized carbons (Fsp3) is 0.440. The van der Waals surface area contributed by atoms with E-state index in [1.54, 1.807) is 11.6 Å². The molecular formula is C25H29FN4O3. The number of aromatic nitrogens is 2. The van der Waals surface area contributed by atoms with Crippen molar-refractivity contribution < 1.29 is 19.0 Å². The van der Waals surface area contributed by atoms with Crippen LogP contribution in [0.5, 0.6) is 0 Å². The van der Waals surface area contributed by atoms with Gasteiger partial charge in [-0.1, -0.05) is 30.3 Å². The first kappa shape index (κ1) is 22.0. The summed E-state index contributed by atoms with van der Waals surface area (Å²) in [5, 5.41) is 18.3. The lowest BCUT2D eigenvalue weighted by molar-refractivity contribution is -0.0843. The molecule has 0 spiro atoms. The van der Waals surface area contributed by atoms with E-state index < -0.39 is 6.10 Å². The van der Waals surface area contributed by atoms with Crippen LogP contribution in [0.25, 0.3) is 10.9 Å². The second kappa shape index (κ2) is 9.21. The van der Waals surface area contributed by atoms with Crippen molar-refractivity contribution >= 4 is 16.8 Å². The second-order valence-corrected chi connectivity index (χ2v) is 9.18. The number of nitrogens with one attached hydrogen (secondary N) is 1. The Balaban J connectivity index is 1.30. The van der Waals surface area contributed by atoms with E-state index in [1.165, 1.54) is 12.1 Å². The van der Waals surface area contributed by atoms with Gasteiger partial charge in [0.15, 0.2) is 5.69 Å². The minimum absolute atomic E-state index is 0.0292. The van der Waals surface area contributed by atoms with Crippen molar-refractivity contribution in [2.45, 2.75) is 57.1 Å². The number of aliphatic hydroxyl groups excluding tert-OH is 1. The van der Waals surface area contributed by atoms with Gasteiger partial charge < -0.3 is 15.2 Å². The second-order valence-electron chi connectivity index (χ2n) is 9.18. The van der Waals surface area contributed by atoms with Crippen LogP contribution in [0.2, 0.25) is 0 Å². The predicted molar refractivity (Wildman–Crippen MR) is 122 cm³/mol. The number of hydrogen-bond acceptors (Lipinski definition) is 5. The number of halogens is 1. The number of benzene rings is 2. The summed E-state index contributed by atoms with van der Waals surface area (Å²) in [6, 6.07) is 14.7. The average Bonchev–Trinajstić information content (AvgIpc) is 3.14. The highest BCUT2D eigenvalue weighted by molar-refractivity contribution is 6.05. The molecular weight excluding hydrogens is 423 g/mol. The summed E-state index contributed by atoms with van der Waals surface area (Å²) < 4.78 is 20.8. The van der Waals surface area contributed by atoms with E-state index in [9.17, 15) is 14.3 Å². The van der Waals surface area contributed by atoms with Gasteiger partial charge >= 0.3 is 0 Å². The summed E-state index contributed by atoms with van der Waals surface area (Å²) in [6.07, 6.45) is 1.01. The van der Waals surface area contributed by atoms with Crippen molar-refractivity contribution in [1.29, 1.82) is 0 Å². The highest BCUT2D eigenvalue weighted by Gasteiger charge is 2.39. The van der Waals surface area contributed by atoms with E-state index in [2.05, 4.69) is 15.3 Å². The quantitative estimate of drug-likeness (QED) is 0.601. The minimum Gasteiger partial charge on any atom is -0.391 e. The SMILES string of the molecule is CC(O)Cn1nc(C(=O)NC2CC3COCC(C2)N3Cc2ccc(F)cc2)c2ccccc21. The van der Waals surface area contributed by atoms with E-state index >= 15 is 0 Å². The van der Waals surface area contributed by atoms with E-state index in [4.69, 9.17) is 4.74 Å². The Morgan fingerprint density at radius 2 is 1.88 bits per heavy atom. The number of fused-ring (bicyclic) bond motifs is 3. The van der Waals surface area contributed by atoms with Gasteiger partial charge in [-0.25, -0.2) is 4.39 Å². The fourth-order valence-corrected chi connectivity index (χ4v) is 5.10. The number of aliphatic hydroxyl groups is 1. The first-order valence-corrected chi connectivity index (χ1v) is 11.5. The number of hydrogen-bond donors (Lipinski definition) is 2. The molecule has 3 aromatic rings. The van der Waals surface area contributed by atoms with Gasteiger partial charge in [-0.15, -0.1) is 0 Å². The molecule has 2 saturated heterocycles. The number of carbonyl (C=O) groups excluding carboxylic acids is 1. The average molecular weight is 453 g/mol. The Bertz CT molecular complexity index is 1120. The number of morpholine rings is 1. The number of piperidine rings is 1. The standard InChI is InChI=1S/C25H29FN4O3/c1-16(31)12-30-23-5-3-2-4-22(23)24(28-30)25(32)27-19-10-20-14-33-15-21(11-19)29(20)13-17-6-8-18(26)9-7-17/h2-9,16,19-21,31H,10-15H2,1H3,(H,27,32). The summed E-state index contributed by atoms with van der Waals surface area (Å²) in [5.41, 5.74) is 2.30. The summed E-state index contributed by atoms with van der Waals surface area (Å²) in [7, 11) is 0. The van der Waals surface area contributed by atoms with Gasteiger partial charge in [0.05, 0.1) is 31.4 Å². The third kappa shape index (κ3) is 4.64. The van der Waals surface area contributed by atoms with Crippen LogP contribution in [-0.4, -0.2) is 63.1 Å². The monoisotopic (exact) mass is 452 g/mol. The molecule has 2 aromatic carbocycles. The van der Waals surface area contributed by atoms with Gasteiger partial charge in [-0.3, -0.25) is 14.4 Å². The molecule has 3 unspecified atom stereocenters. The molecule has 3 heterocycles. The lowest BCUT2D eigenvalue weighted by Gasteiger charge is -2.48. The summed E-state index contributed by atoms with van der Waals surface area (Å²) in [6.45, 7) is 4.02. The van der Waals surface area contributed by atoms with Crippen LogP contribution in [0.15, 0.2) is 48.5 Å². The first-order chi connectivity index (χ1) is 16.0. The van der Waals surface area contributed by atoms with Crippen LogP contribution in [0.3, 0.4) is 0 Å². The zero-order valence-electron chi connectivity index (χ0n) is 18.7. The van der Waals surface area contributed by atoms with Gasteiger partial charge in [0.2, 0.25) is 0 Å². The third-order valence-corrected chi connectivity index (χ3v) is 6.60. The molecule has 2 bridgehead atoms. The molecule has 3 atom stereocenters. The van der Waals surface area contributed by atoms with Crippen LogP contribution in [-0.2, 0) is 17.8 Å². The fourth-order valence-electron chi connectivity index (χ4n) is 5.10. The lowest BCUT2D eigenvalue weighted by Crippen LogP contribution is -2.60. The molecule has 1 aromatic heterocycles. The molecule has 8 heteroatoms.